The highest BCUT2D eigenvalue weighted by atomic mass is 19.1. The van der Waals surface area contributed by atoms with E-state index in [0.717, 1.165) is 0 Å². The normalized spacial score (nSPS) is 10.6. The highest BCUT2D eigenvalue weighted by Gasteiger charge is 2.07. The summed E-state index contributed by atoms with van der Waals surface area (Å²) in [6.07, 6.45) is 2.56. The van der Waals surface area contributed by atoms with Crippen LogP contribution in [0.1, 0.15) is 11.1 Å². The van der Waals surface area contributed by atoms with Crippen molar-refractivity contribution in [3.8, 4) is 11.5 Å². The van der Waals surface area contributed by atoms with Gasteiger partial charge in [-0.3, -0.25) is 0 Å². The van der Waals surface area contributed by atoms with Gasteiger partial charge in [0.05, 0.1) is 14.2 Å². The maximum Gasteiger partial charge on any atom is 0.331 e. The lowest BCUT2D eigenvalue weighted by atomic mass is 10.2. The monoisotopic (exact) mass is 316 g/mol. The van der Waals surface area contributed by atoms with Crippen LogP contribution in [0.4, 0.5) is 4.39 Å². The first-order valence-electron chi connectivity index (χ1n) is 6.94. The van der Waals surface area contributed by atoms with Crippen LogP contribution in [-0.4, -0.2) is 20.2 Å². The molecule has 0 atom stereocenters. The molecule has 0 spiro atoms. The number of hydrogen-bond acceptors (Lipinski definition) is 4. The number of carbonyl (C=O) groups is 1. The van der Waals surface area contributed by atoms with Gasteiger partial charge in [0.1, 0.15) is 23.9 Å². The van der Waals surface area contributed by atoms with Crippen molar-refractivity contribution >= 4 is 12.0 Å². The average molecular weight is 316 g/mol. The molecule has 0 aliphatic rings. The standard InChI is InChI=1S/C18H17FO4/c1-21-15-8-9-17(22-2)14(11-15)12-23-18(20)10-7-13-5-3-4-6-16(13)19/h3-11H,12H2,1-2H3/b10-7+. The van der Waals surface area contributed by atoms with E-state index in [9.17, 15) is 9.18 Å². The average Bonchev–Trinajstić information content (AvgIpc) is 2.58. The Kier molecular flexibility index (Phi) is 5.74. The van der Waals surface area contributed by atoms with Crippen molar-refractivity contribution in [1.82, 2.24) is 0 Å². The number of rotatable bonds is 6. The topological polar surface area (TPSA) is 44.8 Å². The van der Waals surface area contributed by atoms with E-state index in [0.29, 0.717) is 22.6 Å². The van der Waals surface area contributed by atoms with Gasteiger partial charge in [0, 0.05) is 17.2 Å². The highest BCUT2D eigenvalue weighted by molar-refractivity contribution is 5.87. The molecule has 0 aliphatic carbocycles. The molecule has 0 fully saturated rings. The maximum atomic E-state index is 13.4. The van der Waals surface area contributed by atoms with Crippen LogP contribution < -0.4 is 9.47 Å². The number of benzene rings is 2. The lowest BCUT2D eigenvalue weighted by Crippen LogP contribution is -2.03. The van der Waals surface area contributed by atoms with Gasteiger partial charge in [0.15, 0.2) is 0 Å². The molecule has 4 nitrogen and oxygen atoms in total. The van der Waals surface area contributed by atoms with Gasteiger partial charge in [-0.25, -0.2) is 9.18 Å². The fraction of sp³-hybridized carbons (Fsp3) is 0.167. The third-order valence-corrected chi connectivity index (χ3v) is 3.16. The zero-order chi connectivity index (χ0) is 16.7. The lowest BCUT2D eigenvalue weighted by Gasteiger charge is -2.10. The predicted molar refractivity (Wildman–Crippen MR) is 84.8 cm³/mol. The Labute approximate surface area is 134 Å². The molecule has 0 bridgehead atoms. The van der Waals surface area contributed by atoms with E-state index in [-0.39, 0.29) is 6.61 Å². The summed E-state index contributed by atoms with van der Waals surface area (Å²) < 4.78 is 28.9. The number of ether oxygens (including phenoxy) is 3. The third kappa shape index (κ3) is 4.57. The molecule has 5 heteroatoms. The van der Waals surface area contributed by atoms with E-state index in [1.165, 1.54) is 25.3 Å². The quantitative estimate of drug-likeness (QED) is 0.603. The molecule has 0 saturated carbocycles. The molecule has 2 rings (SSSR count). The summed E-state index contributed by atoms with van der Waals surface area (Å²) >= 11 is 0. The van der Waals surface area contributed by atoms with E-state index < -0.39 is 11.8 Å². The SMILES string of the molecule is COc1ccc(OC)c(COC(=O)/C=C/c2ccccc2F)c1. The molecule has 0 radical (unpaired) electrons. The summed E-state index contributed by atoms with van der Waals surface area (Å²) in [6, 6.07) is 11.4. The van der Waals surface area contributed by atoms with Gasteiger partial charge in [-0.1, -0.05) is 18.2 Å². The minimum atomic E-state index is -0.571. The zero-order valence-corrected chi connectivity index (χ0v) is 12.9. The largest absolute Gasteiger partial charge is 0.497 e. The Hall–Kier alpha value is -2.82. The van der Waals surface area contributed by atoms with E-state index in [2.05, 4.69) is 0 Å². The smallest absolute Gasteiger partial charge is 0.331 e. The Morgan fingerprint density at radius 2 is 1.91 bits per heavy atom. The lowest BCUT2D eigenvalue weighted by molar-refractivity contribution is -0.138. The van der Waals surface area contributed by atoms with Crippen LogP contribution in [-0.2, 0) is 16.1 Å². The molecule has 23 heavy (non-hydrogen) atoms. The molecule has 0 N–H and O–H groups in total. The van der Waals surface area contributed by atoms with Gasteiger partial charge in [-0.2, -0.15) is 0 Å². The summed E-state index contributed by atoms with van der Waals surface area (Å²) in [4.78, 5) is 11.8. The Bertz CT molecular complexity index is 710. The second-order valence-corrected chi connectivity index (χ2v) is 4.64. The number of methoxy groups -OCH3 is 2. The van der Waals surface area contributed by atoms with Crippen LogP contribution in [0.15, 0.2) is 48.5 Å². The number of carbonyl (C=O) groups excluding carboxylic acids is 1. The molecule has 120 valence electrons. The first-order chi connectivity index (χ1) is 11.1. The molecule has 2 aromatic carbocycles. The van der Waals surface area contributed by atoms with Crippen molar-refractivity contribution in [3.05, 3.63) is 65.5 Å². The number of hydrogen-bond donors (Lipinski definition) is 0. The fourth-order valence-electron chi connectivity index (χ4n) is 1.96. The molecule has 0 saturated heterocycles. The summed E-state index contributed by atoms with van der Waals surface area (Å²) in [5, 5.41) is 0. The number of esters is 1. The molecule has 0 amide bonds. The van der Waals surface area contributed by atoms with Crippen molar-refractivity contribution < 1.29 is 23.4 Å². The fourth-order valence-corrected chi connectivity index (χ4v) is 1.96. The zero-order valence-electron chi connectivity index (χ0n) is 12.9. The van der Waals surface area contributed by atoms with E-state index in [1.54, 1.807) is 43.5 Å². The second kappa shape index (κ2) is 7.98. The van der Waals surface area contributed by atoms with E-state index >= 15 is 0 Å². The summed E-state index contributed by atoms with van der Waals surface area (Å²) in [5.41, 5.74) is 1.00. The van der Waals surface area contributed by atoms with Gasteiger partial charge < -0.3 is 14.2 Å². The van der Waals surface area contributed by atoms with Crippen molar-refractivity contribution in [2.45, 2.75) is 6.61 Å². The Balaban J connectivity index is 2.00. The maximum absolute atomic E-state index is 13.4. The van der Waals surface area contributed by atoms with Gasteiger partial charge >= 0.3 is 5.97 Å². The van der Waals surface area contributed by atoms with E-state index in [4.69, 9.17) is 14.2 Å². The Morgan fingerprint density at radius 1 is 1.13 bits per heavy atom. The molecular formula is C18H17FO4. The van der Waals surface area contributed by atoms with Crippen LogP contribution in [0.2, 0.25) is 0 Å². The molecule has 0 unspecified atom stereocenters. The molecular weight excluding hydrogens is 299 g/mol. The first-order valence-corrected chi connectivity index (χ1v) is 6.94. The molecule has 0 heterocycles. The van der Waals surface area contributed by atoms with Gasteiger partial charge in [0.25, 0.3) is 0 Å². The first kappa shape index (κ1) is 16.5. The van der Waals surface area contributed by atoms with Crippen molar-refractivity contribution in [3.63, 3.8) is 0 Å². The highest BCUT2D eigenvalue weighted by Crippen LogP contribution is 2.24. The van der Waals surface area contributed by atoms with Crippen LogP contribution in [0.5, 0.6) is 11.5 Å². The summed E-state index contributed by atoms with van der Waals surface area (Å²) in [6.45, 7) is 0.0286. The summed E-state index contributed by atoms with van der Waals surface area (Å²) in [7, 11) is 3.08. The second-order valence-electron chi connectivity index (χ2n) is 4.64. The predicted octanol–water partition coefficient (Wildman–Crippen LogP) is 3.60. The van der Waals surface area contributed by atoms with Gasteiger partial charge in [-0.15, -0.1) is 0 Å². The van der Waals surface area contributed by atoms with Crippen LogP contribution in [0.25, 0.3) is 6.08 Å². The summed E-state index contributed by atoms with van der Waals surface area (Å²) in [5.74, 6) is 0.263. The van der Waals surface area contributed by atoms with Crippen molar-refractivity contribution in [1.29, 1.82) is 0 Å². The van der Waals surface area contributed by atoms with Crippen molar-refractivity contribution in [2.75, 3.05) is 14.2 Å². The molecule has 0 aromatic heterocycles. The van der Waals surface area contributed by atoms with Crippen molar-refractivity contribution in [2.24, 2.45) is 0 Å². The third-order valence-electron chi connectivity index (χ3n) is 3.16. The molecule has 0 aliphatic heterocycles. The minimum absolute atomic E-state index is 0.0286. The van der Waals surface area contributed by atoms with Gasteiger partial charge in [-0.05, 0) is 30.3 Å². The minimum Gasteiger partial charge on any atom is -0.497 e. The van der Waals surface area contributed by atoms with E-state index in [1.807, 2.05) is 0 Å². The van der Waals surface area contributed by atoms with Crippen LogP contribution in [0, 0.1) is 5.82 Å². The van der Waals surface area contributed by atoms with Crippen LogP contribution >= 0.6 is 0 Å². The van der Waals surface area contributed by atoms with Gasteiger partial charge in [0.2, 0.25) is 0 Å². The Morgan fingerprint density at radius 3 is 2.61 bits per heavy atom. The number of halogens is 1. The van der Waals surface area contributed by atoms with Crippen LogP contribution in [0.3, 0.4) is 0 Å². The molecule has 2 aromatic rings.